The number of anilines is 1. The summed E-state index contributed by atoms with van der Waals surface area (Å²) in [6, 6.07) is 3.58. The lowest BCUT2D eigenvalue weighted by molar-refractivity contribution is 1.01. The Morgan fingerprint density at radius 1 is 1.70 bits per heavy atom. The Hall–Kier alpha value is -0.800. The topological polar surface area (TPSA) is 42.1 Å². The summed E-state index contributed by atoms with van der Waals surface area (Å²) in [6.07, 6.45) is 1.62. The van der Waals surface area contributed by atoms with Gasteiger partial charge in [-0.1, -0.05) is 11.6 Å². The third-order valence-electron chi connectivity index (χ3n) is 1.12. The van der Waals surface area contributed by atoms with Crippen molar-refractivity contribution in [2.24, 2.45) is 5.84 Å². The number of nitrogens with two attached hydrogens (primary N) is 1. The monoisotopic (exact) mass is 157 g/mol. The lowest BCUT2D eigenvalue weighted by atomic mass is 10.4. The summed E-state index contributed by atoms with van der Waals surface area (Å²) in [6.45, 7) is 0. The van der Waals surface area contributed by atoms with Gasteiger partial charge >= 0.3 is 0 Å². The van der Waals surface area contributed by atoms with Crippen molar-refractivity contribution < 1.29 is 0 Å². The number of aromatic nitrogens is 1. The van der Waals surface area contributed by atoms with E-state index >= 15 is 0 Å². The number of hydrazine groups is 1. The number of nitrogens with zero attached hydrogens (tertiary/aromatic N) is 2. The highest BCUT2D eigenvalue weighted by Gasteiger charge is 1.99. The number of pyridine rings is 1. The Kier molecular flexibility index (Phi) is 2.09. The summed E-state index contributed by atoms with van der Waals surface area (Å²) in [5.41, 5.74) is 0.726. The van der Waals surface area contributed by atoms with Crippen molar-refractivity contribution in [3.8, 4) is 0 Å². The number of halogens is 1. The van der Waals surface area contributed by atoms with E-state index in [0.717, 1.165) is 5.69 Å². The standard InChI is InChI=1S/C6H8ClN3/c1-10(8)5-3-2-4-9-6(5)7/h2-4H,8H2,1H3. The van der Waals surface area contributed by atoms with Crippen LogP contribution < -0.4 is 10.9 Å². The SMILES string of the molecule is CN(N)c1cccnc1Cl. The molecule has 0 aromatic carbocycles. The van der Waals surface area contributed by atoms with Gasteiger partial charge in [-0.2, -0.15) is 0 Å². The van der Waals surface area contributed by atoms with Crippen LogP contribution in [-0.2, 0) is 0 Å². The fourth-order valence-corrected chi connectivity index (χ4v) is 0.893. The summed E-state index contributed by atoms with van der Waals surface area (Å²) in [7, 11) is 1.71. The zero-order valence-electron chi connectivity index (χ0n) is 5.58. The van der Waals surface area contributed by atoms with E-state index in [0.29, 0.717) is 5.15 Å². The fraction of sp³-hybridized carbons (Fsp3) is 0.167. The summed E-state index contributed by atoms with van der Waals surface area (Å²) in [5.74, 6) is 5.42. The molecule has 0 bridgehead atoms. The Morgan fingerprint density at radius 2 is 2.40 bits per heavy atom. The van der Waals surface area contributed by atoms with Crippen LogP contribution in [0.5, 0.6) is 0 Å². The van der Waals surface area contributed by atoms with Gasteiger partial charge in [-0.15, -0.1) is 0 Å². The zero-order valence-corrected chi connectivity index (χ0v) is 6.34. The van der Waals surface area contributed by atoms with E-state index in [4.69, 9.17) is 17.4 Å². The molecule has 1 heterocycles. The average molecular weight is 158 g/mol. The molecule has 0 saturated heterocycles. The molecule has 0 atom stereocenters. The van der Waals surface area contributed by atoms with Crippen LogP contribution in [0.1, 0.15) is 0 Å². The van der Waals surface area contributed by atoms with Crippen LogP contribution in [0.3, 0.4) is 0 Å². The molecule has 0 fully saturated rings. The van der Waals surface area contributed by atoms with Crippen molar-refractivity contribution >= 4 is 17.3 Å². The summed E-state index contributed by atoms with van der Waals surface area (Å²) < 4.78 is 0. The van der Waals surface area contributed by atoms with E-state index < -0.39 is 0 Å². The van der Waals surface area contributed by atoms with Gasteiger partial charge in [0.1, 0.15) is 0 Å². The molecule has 0 radical (unpaired) electrons. The van der Waals surface area contributed by atoms with Crippen LogP contribution in [0.2, 0.25) is 5.15 Å². The van der Waals surface area contributed by atoms with Crippen LogP contribution in [0, 0.1) is 0 Å². The van der Waals surface area contributed by atoms with E-state index in [1.807, 2.05) is 0 Å². The van der Waals surface area contributed by atoms with Crippen LogP contribution >= 0.6 is 11.6 Å². The molecule has 1 aromatic rings. The minimum Gasteiger partial charge on any atom is -0.311 e. The molecule has 0 amide bonds. The van der Waals surface area contributed by atoms with Gasteiger partial charge in [-0.05, 0) is 12.1 Å². The molecule has 0 spiro atoms. The molecule has 0 unspecified atom stereocenters. The number of rotatable bonds is 1. The average Bonchev–Trinajstić information content (AvgIpc) is 1.88. The third kappa shape index (κ3) is 1.37. The quantitative estimate of drug-likeness (QED) is 0.376. The van der Waals surface area contributed by atoms with Gasteiger partial charge in [0.2, 0.25) is 0 Å². The smallest absolute Gasteiger partial charge is 0.153 e. The normalized spacial score (nSPS) is 9.50. The highest BCUT2D eigenvalue weighted by Crippen LogP contribution is 2.18. The highest BCUT2D eigenvalue weighted by molar-refractivity contribution is 6.31. The van der Waals surface area contributed by atoms with E-state index in [-0.39, 0.29) is 0 Å². The minimum absolute atomic E-state index is 0.424. The maximum Gasteiger partial charge on any atom is 0.153 e. The molecule has 10 heavy (non-hydrogen) atoms. The van der Waals surface area contributed by atoms with E-state index in [1.165, 1.54) is 5.01 Å². The fourth-order valence-electron chi connectivity index (χ4n) is 0.641. The third-order valence-corrected chi connectivity index (χ3v) is 1.41. The first-order chi connectivity index (χ1) is 4.72. The lowest BCUT2D eigenvalue weighted by Crippen LogP contribution is -2.25. The van der Waals surface area contributed by atoms with E-state index in [2.05, 4.69) is 4.98 Å². The lowest BCUT2D eigenvalue weighted by Gasteiger charge is -2.11. The number of hydrogen-bond donors (Lipinski definition) is 1. The number of hydrogen-bond acceptors (Lipinski definition) is 3. The van der Waals surface area contributed by atoms with Crippen molar-refractivity contribution in [2.75, 3.05) is 12.1 Å². The van der Waals surface area contributed by atoms with Crippen molar-refractivity contribution in [3.05, 3.63) is 23.5 Å². The van der Waals surface area contributed by atoms with E-state index in [1.54, 1.807) is 25.4 Å². The molecular weight excluding hydrogens is 150 g/mol. The predicted molar refractivity (Wildman–Crippen MR) is 41.8 cm³/mol. The first-order valence-corrected chi connectivity index (χ1v) is 3.18. The molecule has 0 aliphatic rings. The second-order valence-corrected chi connectivity index (χ2v) is 2.28. The second kappa shape index (κ2) is 2.86. The van der Waals surface area contributed by atoms with Crippen LogP contribution in [0.15, 0.2) is 18.3 Å². The van der Waals surface area contributed by atoms with Gasteiger partial charge in [0, 0.05) is 13.2 Å². The van der Waals surface area contributed by atoms with Gasteiger partial charge < -0.3 is 5.01 Å². The van der Waals surface area contributed by atoms with Crippen LogP contribution in [0.25, 0.3) is 0 Å². The maximum atomic E-state index is 5.69. The molecule has 0 saturated carbocycles. The van der Waals surface area contributed by atoms with Crippen molar-refractivity contribution in [1.82, 2.24) is 4.98 Å². The van der Waals surface area contributed by atoms with Crippen LogP contribution in [-0.4, -0.2) is 12.0 Å². The molecule has 3 nitrogen and oxygen atoms in total. The molecule has 1 rings (SSSR count). The predicted octanol–water partition coefficient (Wildman–Crippen LogP) is 1.04. The molecule has 0 aliphatic heterocycles. The summed E-state index contributed by atoms with van der Waals surface area (Å²) in [5, 5.41) is 1.85. The van der Waals surface area contributed by atoms with Gasteiger partial charge in [0.25, 0.3) is 0 Å². The minimum atomic E-state index is 0.424. The molecule has 4 heteroatoms. The largest absolute Gasteiger partial charge is 0.311 e. The Morgan fingerprint density at radius 3 is 2.80 bits per heavy atom. The molecular formula is C6H8ClN3. The zero-order chi connectivity index (χ0) is 7.56. The highest BCUT2D eigenvalue weighted by atomic mass is 35.5. The molecule has 0 aliphatic carbocycles. The maximum absolute atomic E-state index is 5.69. The van der Waals surface area contributed by atoms with Crippen LogP contribution in [0.4, 0.5) is 5.69 Å². The van der Waals surface area contributed by atoms with Crippen molar-refractivity contribution in [2.45, 2.75) is 0 Å². The van der Waals surface area contributed by atoms with E-state index in [9.17, 15) is 0 Å². The van der Waals surface area contributed by atoms with Crippen molar-refractivity contribution in [1.29, 1.82) is 0 Å². The van der Waals surface area contributed by atoms with Gasteiger partial charge in [-0.3, -0.25) is 0 Å². The van der Waals surface area contributed by atoms with Gasteiger partial charge in [0.15, 0.2) is 5.15 Å². The molecule has 1 aromatic heterocycles. The Labute approximate surface area is 64.4 Å². The Balaban J connectivity index is 3.03. The first kappa shape index (κ1) is 7.31. The van der Waals surface area contributed by atoms with Gasteiger partial charge in [-0.25, -0.2) is 10.8 Å². The van der Waals surface area contributed by atoms with Gasteiger partial charge in [0.05, 0.1) is 5.69 Å². The molecule has 54 valence electrons. The molecule has 2 N–H and O–H groups in total. The first-order valence-electron chi connectivity index (χ1n) is 2.81. The Bertz CT molecular complexity index is 224. The van der Waals surface area contributed by atoms with Crippen molar-refractivity contribution in [3.63, 3.8) is 0 Å². The second-order valence-electron chi connectivity index (χ2n) is 1.92. The summed E-state index contributed by atoms with van der Waals surface area (Å²) >= 11 is 5.69. The summed E-state index contributed by atoms with van der Waals surface area (Å²) in [4.78, 5) is 3.84.